The maximum absolute atomic E-state index is 12.3. The Hall–Kier alpha value is -3.64. The van der Waals surface area contributed by atoms with E-state index in [2.05, 4.69) is 16.7 Å². The molecule has 6 nitrogen and oxygen atoms in total. The number of hydrogen-bond acceptors (Lipinski definition) is 5. The Kier molecular flexibility index (Phi) is 6.82. The van der Waals surface area contributed by atoms with Gasteiger partial charge in [0.1, 0.15) is 6.17 Å². The van der Waals surface area contributed by atoms with E-state index in [1.165, 1.54) is 5.56 Å². The van der Waals surface area contributed by atoms with Crippen molar-refractivity contribution in [1.29, 1.82) is 0 Å². The van der Waals surface area contributed by atoms with Gasteiger partial charge >= 0.3 is 6.09 Å². The van der Waals surface area contributed by atoms with Crippen LogP contribution in [0.5, 0.6) is 0 Å². The number of rotatable bonds is 7. The van der Waals surface area contributed by atoms with Gasteiger partial charge in [-0.3, -0.25) is 15.4 Å². The average Bonchev–Trinajstić information content (AvgIpc) is 2.97. The van der Waals surface area contributed by atoms with E-state index in [9.17, 15) is 9.59 Å². The lowest BCUT2D eigenvalue weighted by Crippen LogP contribution is -2.44. The molecule has 0 radical (unpaired) electrons. The van der Waals surface area contributed by atoms with Crippen molar-refractivity contribution in [2.75, 3.05) is 16.8 Å². The summed E-state index contributed by atoms with van der Waals surface area (Å²) in [4.78, 5) is 26.3. The molecule has 1 aliphatic rings. The van der Waals surface area contributed by atoms with Gasteiger partial charge in [0, 0.05) is 23.6 Å². The third kappa shape index (κ3) is 4.81. The first-order valence-electron chi connectivity index (χ1n) is 10.9. The van der Waals surface area contributed by atoms with Gasteiger partial charge in [0.05, 0.1) is 6.61 Å². The number of carbonyl (C=O) groups excluding carboxylic acids is 2. The quantitative estimate of drug-likeness (QED) is 0.528. The van der Waals surface area contributed by atoms with Gasteiger partial charge in [-0.1, -0.05) is 54.6 Å². The van der Waals surface area contributed by atoms with E-state index in [0.29, 0.717) is 18.8 Å². The molecule has 3 aromatic rings. The Bertz CT molecular complexity index is 1080. The molecule has 4 rings (SSSR count). The Morgan fingerprint density at radius 2 is 1.72 bits per heavy atom. The van der Waals surface area contributed by atoms with E-state index < -0.39 is 12.3 Å². The number of amides is 1. The largest absolute Gasteiger partial charge is 0.450 e. The van der Waals surface area contributed by atoms with Gasteiger partial charge in [-0.25, -0.2) is 4.79 Å². The molecule has 0 bridgehead atoms. The van der Waals surface area contributed by atoms with Crippen LogP contribution in [0.4, 0.5) is 21.9 Å². The maximum atomic E-state index is 12.3. The summed E-state index contributed by atoms with van der Waals surface area (Å²) in [6, 6.07) is 23.9. The number of carbonyl (C=O) groups is 2. The lowest BCUT2D eigenvalue weighted by molar-refractivity contribution is -0.109. The molecule has 1 heterocycles. The fraction of sp³-hybridized carbons (Fsp3) is 0.231. The fourth-order valence-electron chi connectivity index (χ4n) is 4.04. The van der Waals surface area contributed by atoms with Gasteiger partial charge in [-0.2, -0.15) is 0 Å². The molecule has 0 saturated heterocycles. The molecule has 0 aliphatic carbocycles. The van der Waals surface area contributed by atoms with Crippen molar-refractivity contribution in [3.05, 3.63) is 89.5 Å². The molecule has 2 N–H and O–H groups in total. The fourth-order valence-corrected chi connectivity index (χ4v) is 4.04. The molecule has 1 amide bonds. The third-order valence-electron chi connectivity index (χ3n) is 5.55. The first kappa shape index (κ1) is 21.6. The van der Waals surface area contributed by atoms with E-state index in [-0.39, 0.29) is 0 Å². The van der Waals surface area contributed by atoms with Crippen LogP contribution in [0.1, 0.15) is 23.6 Å². The first-order chi connectivity index (χ1) is 15.7. The third-order valence-corrected chi connectivity index (χ3v) is 5.55. The molecule has 32 heavy (non-hydrogen) atoms. The predicted molar refractivity (Wildman–Crippen MR) is 126 cm³/mol. The number of aryl methyl sites for hydroxylation is 2. The molecule has 0 saturated carbocycles. The Labute approximate surface area is 188 Å². The molecule has 3 aromatic carbocycles. The molecule has 1 atom stereocenters. The van der Waals surface area contributed by atoms with Crippen LogP contribution in [-0.4, -0.2) is 25.2 Å². The summed E-state index contributed by atoms with van der Waals surface area (Å²) < 4.78 is 5.02. The number of aldehydes is 1. The van der Waals surface area contributed by atoms with Crippen LogP contribution in [0, 0.1) is 0 Å². The van der Waals surface area contributed by atoms with Gasteiger partial charge < -0.3 is 9.64 Å². The topological polar surface area (TPSA) is 70.7 Å². The molecule has 1 aliphatic heterocycles. The second kappa shape index (κ2) is 10.1. The van der Waals surface area contributed by atoms with Crippen LogP contribution in [0.3, 0.4) is 0 Å². The van der Waals surface area contributed by atoms with Gasteiger partial charge in [0.25, 0.3) is 0 Å². The highest BCUT2D eigenvalue weighted by molar-refractivity contribution is 5.87. The van der Waals surface area contributed by atoms with Gasteiger partial charge in [0.15, 0.2) is 6.29 Å². The summed E-state index contributed by atoms with van der Waals surface area (Å²) in [6.07, 6.45) is 1.56. The molecule has 0 fully saturated rings. The smallest absolute Gasteiger partial charge is 0.411 e. The van der Waals surface area contributed by atoms with Crippen LogP contribution >= 0.6 is 0 Å². The summed E-state index contributed by atoms with van der Waals surface area (Å²) in [7, 11) is 0. The Morgan fingerprint density at radius 1 is 1.00 bits per heavy atom. The number of ether oxygens (including phenoxy) is 1. The second-order valence-corrected chi connectivity index (χ2v) is 7.64. The number of hydrogen-bond donors (Lipinski definition) is 2. The standard InChI is InChI=1S/C26H27N3O3/c1-2-32-26(31)28-22-15-14-21-13-12-20-10-6-7-11-23(20)29(24(21)16-22)25(18-30)27-17-19-8-4-3-5-9-19/h3-11,14-16,18,25,27H,2,12-13,17H2,1H3,(H,28,31). The SMILES string of the molecule is CCOC(=O)Nc1ccc2c(c1)N(C(C=O)NCc1ccccc1)c1ccccc1CC2. The highest BCUT2D eigenvalue weighted by Gasteiger charge is 2.27. The highest BCUT2D eigenvalue weighted by Crippen LogP contribution is 2.38. The normalized spacial score (nSPS) is 13.3. The summed E-state index contributed by atoms with van der Waals surface area (Å²) in [5.74, 6) is 0. The number of benzene rings is 3. The van der Waals surface area contributed by atoms with Crippen molar-refractivity contribution >= 4 is 29.4 Å². The van der Waals surface area contributed by atoms with E-state index in [4.69, 9.17) is 4.74 Å². The van der Waals surface area contributed by atoms with E-state index in [0.717, 1.165) is 41.6 Å². The van der Waals surface area contributed by atoms with Crippen molar-refractivity contribution in [3.8, 4) is 0 Å². The zero-order chi connectivity index (χ0) is 22.3. The van der Waals surface area contributed by atoms with Crippen molar-refractivity contribution < 1.29 is 14.3 Å². The van der Waals surface area contributed by atoms with Crippen LogP contribution in [0.2, 0.25) is 0 Å². The monoisotopic (exact) mass is 429 g/mol. The minimum absolute atomic E-state index is 0.299. The van der Waals surface area contributed by atoms with Crippen LogP contribution in [0.15, 0.2) is 72.8 Å². The lowest BCUT2D eigenvalue weighted by Gasteiger charge is -2.33. The van der Waals surface area contributed by atoms with E-state index in [1.54, 1.807) is 6.92 Å². The Balaban J connectivity index is 1.71. The highest BCUT2D eigenvalue weighted by atomic mass is 16.5. The van der Waals surface area contributed by atoms with E-state index >= 15 is 0 Å². The minimum Gasteiger partial charge on any atom is -0.450 e. The summed E-state index contributed by atoms with van der Waals surface area (Å²) in [6.45, 7) is 2.62. The first-order valence-corrected chi connectivity index (χ1v) is 10.9. The molecule has 0 spiro atoms. The number of anilines is 3. The zero-order valence-electron chi connectivity index (χ0n) is 18.1. The van der Waals surface area contributed by atoms with Crippen LogP contribution in [-0.2, 0) is 28.9 Å². The Morgan fingerprint density at radius 3 is 2.47 bits per heavy atom. The van der Waals surface area contributed by atoms with Crippen molar-refractivity contribution in [2.24, 2.45) is 0 Å². The van der Waals surface area contributed by atoms with E-state index in [1.807, 2.05) is 71.6 Å². The van der Waals surface area contributed by atoms with Gasteiger partial charge in [-0.05, 0) is 54.7 Å². The average molecular weight is 430 g/mol. The van der Waals surface area contributed by atoms with Crippen molar-refractivity contribution in [1.82, 2.24) is 5.32 Å². The maximum Gasteiger partial charge on any atom is 0.411 e. The predicted octanol–water partition coefficient (Wildman–Crippen LogP) is 4.81. The van der Waals surface area contributed by atoms with Gasteiger partial charge in [-0.15, -0.1) is 0 Å². The van der Waals surface area contributed by atoms with Gasteiger partial charge in [0.2, 0.25) is 0 Å². The van der Waals surface area contributed by atoms with Crippen LogP contribution in [0.25, 0.3) is 0 Å². The van der Waals surface area contributed by atoms with Crippen molar-refractivity contribution in [2.45, 2.75) is 32.5 Å². The minimum atomic E-state index is -0.578. The molecule has 1 unspecified atom stereocenters. The molecule has 164 valence electrons. The zero-order valence-corrected chi connectivity index (χ0v) is 18.1. The lowest BCUT2D eigenvalue weighted by atomic mass is 10.0. The number of nitrogens with zero attached hydrogens (tertiary/aromatic N) is 1. The number of fused-ring (bicyclic) bond motifs is 2. The molecular formula is C26H27N3O3. The summed E-state index contributed by atoms with van der Waals surface area (Å²) in [5.41, 5.74) is 5.89. The second-order valence-electron chi connectivity index (χ2n) is 7.64. The molecule has 6 heteroatoms. The summed E-state index contributed by atoms with van der Waals surface area (Å²) in [5, 5.41) is 6.17. The number of nitrogens with one attached hydrogen (secondary N) is 2. The number of para-hydroxylation sites is 1. The van der Waals surface area contributed by atoms with Crippen molar-refractivity contribution in [3.63, 3.8) is 0 Å². The van der Waals surface area contributed by atoms with Crippen LogP contribution < -0.4 is 15.5 Å². The molecular weight excluding hydrogens is 402 g/mol. The molecule has 0 aromatic heterocycles. The summed E-state index contributed by atoms with van der Waals surface area (Å²) >= 11 is 0.